The van der Waals surface area contributed by atoms with Gasteiger partial charge in [0.1, 0.15) is 0 Å². The first-order valence-electron chi connectivity index (χ1n) is 5.15. The molecule has 0 saturated carbocycles. The van der Waals surface area contributed by atoms with Gasteiger partial charge in [0.05, 0.1) is 11.6 Å². The van der Waals surface area contributed by atoms with Gasteiger partial charge in [0.2, 0.25) is 0 Å². The fourth-order valence-electron chi connectivity index (χ4n) is 2.84. The lowest BCUT2D eigenvalue weighted by Crippen LogP contribution is -2.63. The normalized spacial score (nSPS) is 42.2. The smallest absolute Gasteiger partial charge is 0.0737 e. The second kappa shape index (κ2) is 3.23. The molecule has 3 heteroatoms. The van der Waals surface area contributed by atoms with Gasteiger partial charge in [-0.2, -0.15) is 0 Å². The highest BCUT2D eigenvalue weighted by atomic mass is 16.5. The van der Waals surface area contributed by atoms with E-state index in [1.165, 1.54) is 19.4 Å². The lowest BCUT2D eigenvalue weighted by molar-refractivity contribution is 0.00724. The molecule has 0 radical (unpaired) electrons. The van der Waals surface area contributed by atoms with Crippen molar-refractivity contribution in [3.63, 3.8) is 0 Å². The van der Waals surface area contributed by atoms with Crippen LogP contribution in [0.25, 0.3) is 0 Å². The van der Waals surface area contributed by atoms with Gasteiger partial charge < -0.3 is 15.0 Å². The van der Waals surface area contributed by atoms with Crippen LogP contribution >= 0.6 is 0 Å². The van der Waals surface area contributed by atoms with Gasteiger partial charge >= 0.3 is 0 Å². The lowest BCUT2D eigenvalue weighted by Gasteiger charge is -2.42. The van der Waals surface area contributed by atoms with Crippen LogP contribution in [0.3, 0.4) is 0 Å². The van der Waals surface area contributed by atoms with Crippen LogP contribution in [0.1, 0.15) is 19.8 Å². The van der Waals surface area contributed by atoms with Crippen molar-refractivity contribution in [2.24, 2.45) is 0 Å². The molecule has 13 heavy (non-hydrogen) atoms. The first-order chi connectivity index (χ1) is 6.16. The van der Waals surface area contributed by atoms with E-state index in [1.54, 1.807) is 0 Å². The van der Waals surface area contributed by atoms with E-state index >= 15 is 0 Å². The summed E-state index contributed by atoms with van der Waals surface area (Å²) in [5.41, 5.74) is 0.229. The summed E-state index contributed by atoms with van der Waals surface area (Å²) in [6.45, 7) is 4.49. The van der Waals surface area contributed by atoms with Gasteiger partial charge in [-0.15, -0.1) is 0 Å². The predicted octanol–water partition coefficient (Wildman–Crippen LogP) is 0.457. The summed E-state index contributed by atoms with van der Waals surface area (Å²) >= 11 is 0. The summed E-state index contributed by atoms with van der Waals surface area (Å²) in [4.78, 5) is 2.42. The van der Waals surface area contributed by atoms with Crippen LogP contribution in [0.5, 0.6) is 0 Å². The third-order valence-electron chi connectivity index (χ3n) is 3.65. The summed E-state index contributed by atoms with van der Waals surface area (Å²) in [6, 6.07) is 0.691. The third-order valence-corrected chi connectivity index (χ3v) is 3.65. The average Bonchev–Trinajstić information content (AvgIpc) is 2.42. The molecule has 0 aromatic heterocycles. The number of hydrogen-bond acceptors (Lipinski definition) is 3. The highest BCUT2D eigenvalue weighted by molar-refractivity contribution is 5.07. The highest BCUT2D eigenvalue weighted by Crippen LogP contribution is 2.32. The molecule has 0 spiro atoms. The molecule has 0 aromatic rings. The minimum atomic E-state index is 0.229. The van der Waals surface area contributed by atoms with Crippen LogP contribution in [0.2, 0.25) is 0 Å². The van der Waals surface area contributed by atoms with Gasteiger partial charge in [-0.3, -0.25) is 0 Å². The monoisotopic (exact) mass is 184 g/mol. The lowest BCUT2D eigenvalue weighted by atomic mass is 9.91. The van der Waals surface area contributed by atoms with Gasteiger partial charge in [-0.05, 0) is 26.8 Å². The van der Waals surface area contributed by atoms with E-state index in [-0.39, 0.29) is 5.54 Å². The van der Waals surface area contributed by atoms with Crippen molar-refractivity contribution in [3.05, 3.63) is 0 Å². The second-order valence-electron chi connectivity index (χ2n) is 4.61. The van der Waals surface area contributed by atoms with Gasteiger partial charge in [-0.1, -0.05) is 0 Å². The number of rotatable bonds is 2. The Labute approximate surface area is 80.4 Å². The molecule has 2 aliphatic rings. The number of likely N-dealkylation sites (N-methyl/N-ethyl adjacent to an activating group) is 1. The molecular formula is C10H20N2O. The van der Waals surface area contributed by atoms with E-state index in [2.05, 4.69) is 24.2 Å². The zero-order valence-corrected chi connectivity index (χ0v) is 8.84. The topological polar surface area (TPSA) is 24.5 Å². The number of hydrogen-bond donors (Lipinski definition) is 1. The van der Waals surface area contributed by atoms with Crippen LogP contribution in [-0.2, 0) is 4.74 Å². The minimum Gasteiger partial charge on any atom is -0.380 e. The van der Waals surface area contributed by atoms with Crippen LogP contribution in [0, 0.1) is 0 Å². The summed E-state index contributed by atoms with van der Waals surface area (Å²) in [6.07, 6.45) is 2.88. The zero-order valence-electron chi connectivity index (χ0n) is 8.84. The molecule has 2 heterocycles. The van der Waals surface area contributed by atoms with Gasteiger partial charge in [0, 0.05) is 26.2 Å². The fourth-order valence-corrected chi connectivity index (χ4v) is 2.84. The van der Waals surface area contributed by atoms with Crippen molar-refractivity contribution < 1.29 is 4.74 Å². The molecule has 3 unspecified atom stereocenters. The predicted molar refractivity (Wildman–Crippen MR) is 52.9 cm³/mol. The number of piperazine rings is 1. The maximum absolute atomic E-state index is 5.47. The zero-order chi connectivity index (χ0) is 9.47. The quantitative estimate of drug-likeness (QED) is 0.674. The molecule has 2 aliphatic heterocycles. The van der Waals surface area contributed by atoms with Crippen molar-refractivity contribution >= 4 is 0 Å². The first kappa shape index (κ1) is 9.44. The van der Waals surface area contributed by atoms with E-state index in [0.29, 0.717) is 12.1 Å². The van der Waals surface area contributed by atoms with Crippen molar-refractivity contribution in [3.8, 4) is 0 Å². The Hall–Kier alpha value is -0.120. The van der Waals surface area contributed by atoms with Crippen LogP contribution in [0.15, 0.2) is 0 Å². The standard InChI is InChI=1S/C10H20N2O/c1-8(13-3)10-5-4-9(11-10)6-12(2)7-10/h8-9,11H,4-7H2,1-3H3. The van der Waals surface area contributed by atoms with E-state index in [0.717, 1.165) is 6.54 Å². The fraction of sp³-hybridized carbons (Fsp3) is 1.00. The Balaban J connectivity index is 2.13. The second-order valence-corrected chi connectivity index (χ2v) is 4.61. The Bertz CT molecular complexity index is 197. The molecule has 1 N–H and O–H groups in total. The van der Waals surface area contributed by atoms with Crippen LogP contribution in [-0.4, -0.2) is 49.8 Å². The summed E-state index contributed by atoms with van der Waals surface area (Å²) < 4.78 is 5.47. The van der Waals surface area contributed by atoms with Crippen molar-refractivity contribution in [2.45, 2.75) is 37.5 Å². The van der Waals surface area contributed by atoms with E-state index in [9.17, 15) is 0 Å². The maximum Gasteiger partial charge on any atom is 0.0737 e. The molecule has 3 atom stereocenters. The SMILES string of the molecule is COC(C)C12CCC(CN(C)C1)N2. The molecule has 0 aliphatic carbocycles. The molecule has 3 nitrogen and oxygen atoms in total. The Morgan fingerprint density at radius 2 is 2.38 bits per heavy atom. The molecule has 2 rings (SSSR count). The molecular weight excluding hydrogens is 164 g/mol. The minimum absolute atomic E-state index is 0.229. The van der Waals surface area contributed by atoms with Gasteiger partial charge in [0.15, 0.2) is 0 Å². The Kier molecular flexibility index (Phi) is 2.34. The van der Waals surface area contributed by atoms with E-state index in [1.807, 2.05) is 7.11 Å². The Morgan fingerprint density at radius 1 is 1.62 bits per heavy atom. The Morgan fingerprint density at radius 3 is 3.08 bits per heavy atom. The molecule has 2 bridgehead atoms. The summed E-state index contributed by atoms with van der Waals surface area (Å²) in [5.74, 6) is 0. The van der Waals surface area contributed by atoms with Crippen LogP contribution in [0.4, 0.5) is 0 Å². The number of nitrogens with one attached hydrogen (secondary N) is 1. The number of ether oxygens (including phenoxy) is 1. The van der Waals surface area contributed by atoms with Crippen molar-refractivity contribution in [1.82, 2.24) is 10.2 Å². The van der Waals surface area contributed by atoms with Gasteiger partial charge in [0.25, 0.3) is 0 Å². The van der Waals surface area contributed by atoms with Gasteiger partial charge in [-0.25, -0.2) is 0 Å². The summed E-state index contributed by atoms with van der Waals surface area (Å²) in [5, 5.41) is 3.72. The number of nitrogens with zero attached hydrogens (tertiary/aromatic N) is 1. The third kappa shape index (κ3) is 1.49. The van der Waals surface area contributed by atoms with Crippen molar-refractivity contribution in [2.75, 3.05) is 27.2 Å². The van der Waals surface area contributed by atoms with E-state index in [4.69, 9.17) is 4.74 Å². The molecule has 0 amide bonds. The van der Waals surface area contributed by atoms with E-state index < -0.39 is 0 Å². The molecule has 2 fully saturated rings. The van der Waals surface area contributed by atoms with Crippen molar-refractivity contribution in [1.29, 1.82) is 0 Å². The molecule has 0 aromatic carbocycles. The van der Waals surface area contributed by atoms with Crippen LogP contribution < -0.4 is 5.32 Å². The maximum atomic E-state index is 5.47. The molecule has 76 valence electrons. The number of methoxy groups -OCH3 is 1. The number of fused-ring (bicyclic) bond motifs is 2. The first-order valence-corrected chi connectivity index (χ1v) is 5.15. The highest BCUT2D eigenvalue weighted by Gasteiger charge is 2.47. The average molecular weight is 184 g/mol. The number of likely N-dealkylation sites (tertiary alicyclic amines) is 1. The largest absolute Gasteiger partial charge is 0.380 e. The molecule has 2 saturated heterocycles. The summed E-state index contributed by atoms with van der Waals surface area (Å²) in [7, 11) is 4.01.